The van der Waals surface area contributed by atoms with Gasteiger partial charge in [-0.2, -0.15) is 5.10 Å². The number of nitrogens with zero attached hydrogens (tertiary/aromatic N) is 2. The van der Waals surface area contributed by atoms with Gasteiger partial charge in [0.15, 0.2) is 0 Å². The standard InChI is InChI=1S/C14H18BrN5O/c1-14(2)7-17-5-11(14)19-12-9(13(16)21)4-18-20-6-8(15)3-10(12)20/h3-4,6,11,17,19H,5,7H2,1-2H3,(H2,16,21). The van der Waals surface area contributed by atoms with Gasteiger partial charge >= 0.3 is 0 Å². The molecule has 0 spiro atoms. The van der Waals surface area contributed by atoms with Crippen LogP contribution in [-0.4, -0.2) is 34.7 Å². The Kier molecular flexibility index (Phi) is 3.41. The van der Waals surface area contributed by atoms with Crippen LogP contribution in [-0.2, 0) is 0 Å². The van der Waals surface area contributed by atoms with Gasteiger partial charge in [-0.05, 0) is 27.4 Å². The Hall–Kier alpha value is -1.60. The summed E-state index contributed by atoms with van der Waals surface area (Å²) < 4.78 is 2.64. The molecule has 2 aromatic rings. The molecule has 0 radical (unpaired) electrons. The molecule has 21 heavy (non-hydrogen) atoms. The zero-order chi connectivity index (χ0) is 15.2. The van der Waals surface area contributed by atoms with E-state index in [1.165, 1.54) is 6.20 Å². The van der Waals surface area contributed by atoms with Gasteiger partial charge in [0.25, 0.3) is 5.91 Å². The first kappa shape index (κ1) is 14.3. The number of hydrogen-bond donors (Lipinski definition) is 3. The van der Waals surface area contributed by atoms with E-state index >= 15 is 0 Å². The molecule has 1 saturated heterocycles. The zero-order valence-corrected chi connectivity index (χ0v) is 13.6. The van der Waals surface area contributed by atoms with Gasteiger partial charge in [-0.15, -0.1) is 0 Å². The monoisotopic (exact) mass is 351 g/mol. The number of carbonyl (C=O) groups is 1. The van der Waals surface area contributed by atoms with Crippen LogP contribution in [0.15, 0.2) is 22.9 Å². The Morgan fingerprint density at radius 3 is 3.00 bits per heavy atom. The fourth-order valence-electron chi connectivity index (χ4n) is 2.72. The molecular formula is C14H18BrN5O. The number of fused-ring (bicyclic) bond motifs is 1. The third-order valence-corrected chi connectivity index (χ3v) is 4.49. The van der Waals surface area contributed by atoms with Gasteiger partial charge < -0.3 is 16.4 Å². The van der Waals surface area contributed by atoms with E-state index in [1.54, 1.807) is 4.52 Å². The van der Waals surface area contributed by atoms with E-state index in [2.05, 4.69) is 45.5 Å². The second-order valence-corrected chi connectivity index (χ2v) is 7.02. The van der Waals surface area contributed by atoms with E-state index in [-0.39, 0.29) is 11.5 Å². The number of rotatable bonds is 3. The first-order chi connectivity index (χ1) is 9.88. The first-order valence-corrected chi connectivity index (χ1v) is 7.62. The van der Waals surface area contributed by atoms with Crippen molar-refractivity contribution >= 4 is 33.0 Å². The fourth-order valence-corrected chi connectivity index (χ4v) is 3.13. The Morgan fingerprint density at radius 2 is 2.38 bits per heavy atom. The van der Waals surface area contributed by atoms with Crippen LogP contribution in [0.25, 0.3) is 5.52 Å². The molecule has 0 saturated carbocycles. The van der Waals surface area contributed by atoms with Gasteiger partial charge in [-0.1, -0.05) is 13.8 Å². The summed E-state index contributed by atoms with van der Waals surface area (Å²) in [5.41, 5.74) is 7.58. The van der Waals surface area contributed by atoms with Crippen molar-refractivity contribution in [1.82, 2.24) is 14.9 Å². The summed E-state index contributed by atoms with van der Waals surface area (Å²) in [4.78, 5) is 11.7. The number of halogens is 1. The highest BCUT2D eigenvalue weighted by molar-refractivity contribution is 9.10. The molecular weight excluding hydrogens is 334 g/mol. The molecule has 6 nitrogen and oxygen atoms in total. The Balaban J connectivity index is 2.10. The van der Waals surface area contributed by atoms with Crippen molar-refractivity contribution in [3.8, 4) is 0 Å². The Bertz CT molecular complexity index is 709. The lowest BCUT2D eigenvalue weighted by Crippen LogP contribution is -2.35. The van der Waals surface area contributed by atoms with Crippen LogP contribution < -0.4 is 16.4 Å². The van der Waals surface area contributed by atoms with Crippen molar-refractivity contribution in [3.05, 3.63) is 28.5 Å². The number of carbonyl (C=O) groups excluding carboxylic acids is 1. The summed E-state index contributed by atoms with van der Waals surface area (Å²) in [6, 6.07) is 2.15. The van der Waals surface area contributed by atoms with Crippen molar-refractivity contribution in [2.75, 3.05) is 18.4 Å². The third-order valence-electron chi connectivity index (χ3n) is 4.06. The largest absolute Gasteiger partial charge is 0.378 e. The van der Waals surface area contributed by atoms with Crippen LogP contribution in [0.2, 0.25) is 0 Å². The number of primary amides is 1. The SMILES string of the molecule is CC1(C)CNCC1Nc1c(C(N)=O)cnn2cc(Br)cc12. The molecule has 0 aromatic carbocycles. The van der Waals surface area contributed by atoms with Gasteiger partial charge in [0.05, 0.1) is 23.0 Å². The minimum Gasteiger partial charge on any atom is -0.378 e. The molecule has 1 atom stereocenters. The summed E-state index contributed by atoms with van der Waals surface area (Å²) in [6.45, 7) is 6.17. The average molecular weight is 352 g/mol. The van der Waals surface area contributed by atoms with Crippen LogP contribution >= 0.6 is 15.9 Å². The van der Waals surface area contributed by atoms with Crippen LogP contribution in [0, 0.1) is 5.41 Å². The second-order valence-electron chi connectivity index (χ2n) is 6.10. The van der Waals surface area contributed by atoms with Gasteiger partial charge in [-0.3, -0.25) is 4.79 Å². The van der Waals surface area contributed by atoms with Crippen LogP contribution in [0.5, 0.6) is 0 Å². The third kappa shape index (κ3) is 2.51. The fraction of sp³-hybridized carbons (Fsp3) is 0.429. The summed E-state index contributed by atoms with van der Waals surface area (Å²) >= 11 is 3.44. The maximum Gasteiger partial charge on any atom is 0.252 e. The molecule has 0 aliphatic carbocycles. The maximum absolute atomic E-state index is 11.7. The number of anilines is 1. The zero-order valence-electron chi connectivity index (χ0n) is 12.0. The molecule has 3 heterocycles. The highest BCUT2D eigenvalue weighted by Gasteiger charge is 2.35. The molecule has 1 unspecified atom stereocenters. The summed E-state index contributed by atoms with van der Waals surface area (Å²) in [7, 11) is 0. The predicted octanol–water partition coefficient (Wildman–Crippen LogP) is 1.61. The van der Waals surface area contributed by atoms with E-state index in [0.29, 0.717) is 5.56 Å². The van der Waals surface area contributed by atoms with E-state index in [9.17, 15) is 4.79 Å². The first-order valence-electron chi connectivity index (χ1n) is 6.82. The molecule has 1 fully saturated rings. The van der Waals surface area contributed by atoms with Crippen molar-refractivity contribution in [1.29, 1.82) is 0 Å². The van der Waals surface area contributed by atoms with Crippen LogP contribution in [0.1, 0.15) is 24.2 Å². The highest BCUT2D eigenvalue weighted by Crippen LogP contribution is 2.31. The molecule has 1 aliphatic heterocycles. The molecule has 2 aromatic heterocycles. The lowest BCUT2D eigenvalue weighted by molar-refractivity contribution is 0.100. The molecule has 0 bridgehead atoms. The van der Waals surface area contributed by atoms with Crippen LogP contribution in [0.3, 0.4) is 0 Å². The van der Waals surface area contributed by atoms with Crippen molar-refractivity contribution in [3.63, 3.8) is 0 Å². The maximum atomic E-state index is 11.7. The number of aromatic nitrogens is 2. The molecule has 3 rings (SSSR count). The molecule has 7 heteroatoms. The molecule has 112 valence electrons. The minimum atomic E-state index is -0.478. The number of amides is 1. The smallest absolute Gasteiger partial charge is 0.252 e. The molecule has 4 N–H and O–H groups in total. The van der Waals surface area contributed by atoms with Crippen molar-refractivity contribution in [2.24, 2.45) is 11.1 Å². The van der Waals surface area contributed by atoms with E-state index in [0.717, 1.165) is 28.8 Å². The number of nitrogens with two attached hydrogens (primary N) is 1. The Labute approximate surface area is 131 Å². The summed E-state index contributed by atoms with van der Waals surface area (Å²) in [5, 5.41) is 11.1. The number of nitrogens with one attached hydrogen (secondary N) is 2. The predicted molar refractivity (Wildman–Crippen MR) is 85.5 cm³/mol. The minimum absolute atomic E-state index is 0.0962. The normalized spacial score (nSPS) is 20.8. The van der Waals surface area contributed by atoms with Crippen molar-refractivity contribution in [2.45, 2.75) is 19.9 Å². The van der Waals surface area contributed by atoms with Gasteiger partial charge in [0.1, 0.15) is 0 Å². The lowest BCUT2D eigenvalue weighted by Gasteiger charge is -2.28. The van der Waals surface area contributed by atoms with E-state index < -0.39 is 5.91 Å². The van der Waals surface area contributed by atoms with E-state index in [1.807, 2.05) is 12.3 Å². The summed E-state index contributed by atoms with van der Waals surface area (Å²) in [5.74, 6) is -0.478. The van der Waals surface area contributed by atoms with Crippen molar-refractivity contribution < 1.29 is 4.79 Å². The highest BCUT2D eigenvalue weighted by atomic mass is 79.9. The summed E-state index contributed by atoms with van der Waals surface area (Å²) in [6.07, 6.45) is 3.36. The molecule has 1 amide bonds. The average Bonchev–Trinajstić information content (AvgIpc) is 2.92. The van der Waals surface area contributed by atoms with Crippen LogP contribution in [0.4, 0.5) is 5.69 Å². The number of hydrogen-bond acceptors (Lipinski definition) is 4. The second kappa shape index (κ2) is 4.99. The van der Waals surface area contributed by atoms with Gasteiger partial charge in [-0.25, -0.2) is 4.52 Å². The topological polar surface area (TPSA) is 84.5 Å². The lowest BCUT2D eigenvalue weighted by atomic mass is 9.87. The van der Waals surface area contributed by atoms with Gasteiger partial charge in [0.2, 0.25) is 0 Å². The van der Waals surface area contributed by atoms with E-state index in [4.69, 9.17) is 5.73 Å². The molecule has 1 aliphatic rings. The van der Waals surface area contributed by atoms with Gasteiger partial charge in [0, 0.05) is 29.8 Å². The Morgan fingerprint density at radius 1 is 1.62 bits per heavy atom. The quantitative estimate of drug-likeness (QED) is 0.784.